The lowest BCUT2D eigenvalue weighted by Crippen LogP contribution is -2.43. The van der Waals surface area contributed by atoms with Crippen molar-refractivity contribution in [2.24, 2.45) is 0 Å². The van der Waals surface area contributed by atoms with Gasteiger partial charge in [-0.2, -0.15) is 0 Å². The van der Waals surface area contributed by atoms with Crippen LogP contribution in [0.5, 0.6) is 0 Å². The molecule has 0 saturated heterocycles. The summed E-state index contributed by atoms with van der Waals surface area (Å²) in [5, 5.41) is 3.75. The number of nitrogens with one attached hydrogen (secondary N) is 3. The van der Waals surface area contributed by atoms with E-state index in [2.05, 4.69) is 56.1 Å². The van der Waals surface area contributed by atoms with Crippen LogP contribution in [-0.4, -0.2) is 60.8 Å². The lowest BCUT2D eigenvalue weighted by molar-refractivity contribution is 0.0721. The van der Waals surface area contributed by atoms with Crippen molar-refractivity contribution in [2.45, 2.75) is 84.1 Å². The maximum atomic E-state index is 13.3. The minimum absolute atomic E-state index is 0.0376. The average molecular weight is 492 g/mol. The summed E-state index contributed by atoms with van der Waals surface area (Å²) in [5.41, 5.74) is 1.88. The topological polar surface area (TPSA) is 92.9 Å². The van der Waals surface area contributed by atoms with E-state index in [1.807, 2.05) is 12.1 Å². The summed E-state index contributed by atoms with van der Waals surface area (Å²) in [6.45, 7) is 8.64. The van der Waals surface area contributed by atoms with Crippen LogP contribution in [0.15, 0.2) is 49.1 Å². The van der Waals surface area contributed by atoms with Crippen LogP contribution >= 0.6 is 0 Å². The third-order valence-corrected chi connectivity index (χ3v) is 7.11. The summed E-state index contributed by atoms with van der Waals surface area (Å²) in [6, 6.07) is 9.31. The largest absolute Gasteiger partial charge is 0.347 e. The molecule has 3 N–H and O–H groups in total. The molecule has 1 fully saturated rings. The van der Waals surface area contributed by atoms with Crippen molar-refractivity contribution in [3.8, 4) is 0 Å². The Morgan fingerprint density at radius 2 is 1.50 bits per heavy atom. The van der Waals surface area contributed by atoms with Gasteiger partial charge >= 0.3 is 0 Å². The summed E-state index contributed by atoms with van der Waals surface area (Å²) < 4.78 is 0. The third kappa shape index (κ3) is 7.27. The Morgan fingerprint density at radius 3 is 2.00 bits per heavy atom. The number of carbonyl (C=O) groups is 1. The molecule has 2 heterocycles. The van der Waals surface area contributed by atoms with Crippen LogP contribution in [0.1, 0.15) is 79.9 Å². The first kappa shape index (κ1) is 26.1. The zero-order valence-corrected chi connectivity index (χ0v) is 21.7. The fourth-order valence-electron chi connectivity index (χ4n) is 5.24. The Morgan fingerprint density at radius 1 is 0.917 bits per heavy atom. The SMILES string of the molecule is CCCN(CCC)[C@H]1CC[C@H](NCc2ccc(C(=O)N(Cc3ncc[nH]3)Cc3ncc[nH]3)cc2)CC1. The Balaban J connectivity index is 1.29. The van der Waals surface area contributed by atoms with Crippen LogP contribution in [0, 0.1) is 0 Å². The summed E-state index contributed by atoms with van der Waals surface area (Å²) in [6.07, 6.45) is 14.5. The maximum Gasteiger partial charge on any atom is 0.254 e. The van der Waals surface area contributed by atoms with Gasteiger partial charge in [-0.05, 0) is 69.3 Å². The van der Waals surface area contributed by atoms with Gasteiger partial charge < -0.3 is 25.1 Å². The van der Waals surface area contributed by atoms with Crippen LogP contribution in [0.3, 0.4) is 0 Å². The standard InChI is InChI=1S/C28H41N7O/c1-3-17-34(18-4-2)25-11-9-24(10-12-25)33-19-22-5-7-23(8-6-22)28(36)35(20-26-29-13-14-30-26)21-27-31-15-16-32-27/h5-8,13-16,24-25,33H,3-4,9-12,17-21H2,1-2H3,(H,29,30)(H,31,32)/t24-,25-. The van der Waals surface area contributed by atoms with Gasteiger partial charge in [0, 0.05) is 49.0 Å². The highest BCUT2D eigenvalue weighted by atomic mass is 16.2. The van der Waals surface area contributed by atoms with E-state index in [4.69, 9.17) is 0 Å². The number of carbonyl (C=O) groups excluding carboxylic acids is 1. The number of rotatable bonds is 13. The molecule has 1 saturated carbocycles. The molecular formula is C28H41N7O. The number of nitrogens with zero attached hydrogens (tertiary/aromatic N) is 4. The van der Waals surface area contributed by atoms with Crippen LogP contribution in [0.25, 0.3) is 0 Å². The molecule has 1 amide bonds. The molecule has 0 bridgehead atoms. The summed E-state index contributed by atoms with van der Waals surface area (Å²) in [4.78, 5) is 32.5. The second kappa shape index (κ2) is 13.4. The highest BCUT2D eigenvalue weighted by Crippen LogP contribution is 2.24. The van der Waals surface area contributed by atoms with Crippen molar-refractivity contribution in [1.29, 1.82) is 0 Å². The number of aromatic nitrogens is 4. The molecule has 1 aliphatic carbocycles. The van der Waals surface area contributed by atoms with Crippen LogP contribution < -0.4 is 5.32 Å². The second-order valence-electron chi connectivity index (χ2n) is 9.85. The molecule has 0 radical (unpaired) electrons. The minimum atomic E-state index is -0.0376. The van der Waals surface area contributed by atoms with Crippen molar-refractivity contribution >= 4 is 5.91 Å². The average Bonchev–Trinajstić information content (AvgIpc) is 3.62. The van der Waals surface area contributed by atoms with Gasteiger partial charge in [0.05, 0.1) is 13.1 Å². The van der Waals surface area contributed by atoms with Crippen LogP contribution in [0.4, 0.5) is 0 Å². The number of H-pyrrole nitrogens is 2. The molecule has 4 rings (SSSR count). The van der Waals surface area contributed by atoms with E-state index in [9.17, 15) is 4.79 Å². The Bertz CT molecular complexity index is 967. The summed E-state index contributed by atoms with van der Waals surface area (Å²) in [7, 11) is 0. The first-order chi connectivity index (χ1) is 17.7. The lowest BCUT2D eigenvalue weighted by atomic mass is 9.89. The summed E-state index contributed by atoms with van der Waals surface area (Å²) >= 11 is 0. The molecule has 1 aliphatic rings. The number of aromatic amines is 2. The third-order valence-electron chi connectivity index (χ3n) is 7.11. The Labute approximate surface area is 214 Å². The van der Waals surface area contributed by atoms with E-state index in [1.165, 1.54) is 57.2 Å². The van der Waals surface area contributed by atoms with Gasteiger partial charge in [-0.15, -0.1) is 0 Å². The molecule has 3 aromatic rings. The maximum absolute atomic E-state index is 13.3. The fourth-order valence-corrected chi connectivity index (χ4v) is 5.24. The number of hydrogen-bond acceptors (Lipinski definition) is 5. The van der Waals surface area contributed by atoms with Crippen LogP contribution in [0.2, 0.25) is 0 Å². The van der Waals surface area contributed by atoms with Gasteiger partial charge in [-0.3, -0.25) is 4.79 Å². The molecule has 8 heteroatoms. The van der Waals surface area contributed by atoms with E-state index in [0.29, 0.717) is 24.7 Å². The van der Waals surface area contributed by atoms with Crippen molar-refractivity contribution in [3.63, 3.8) is 0 Å². The predicted octanol–water partition coefficient (Wildman–Crippen LogP) is 4.50. The van der Waals surface area contributed by atoms with E-state index >= 15 is 0 Å². The molecule has 8 nitrogen and oxygen atoms in total. The number of amides is 1. The zero-order valence-electron chi connectivity index (χ0n) is 21.7. The predicted molar refractivity (Wildman–Crippen MR) is 142 cm³/mol. The van der Waals surface area contributed by atoms with Gasteiger partial charge in [0.2, 0.25) is 0 Å². The van der Waals surface area contributed by atoms with Gasteiger partial charge in [-0.1, -0.05) is 26.0 Å². The zero-order chi connectivity index (χ0) is 25.2. The van der Waals surface area contributed by atoms with E-state index in [-0.39, 0.29) is 5.91 Å². The van der Waals surface area contributed by atoms with Crippen molar-refractivity contribution in [3.05, 3.63) is 71.8 Å². The summed E-state index contributed by atoms with van der Waals surface area (Å²) in [5.74, 6) is 1.46. The number of imidazole rings is 2. The van der Waals surface area contributed by atoms with Gasteiger partial charge in [0.15, 0.2) is 0 Å². The highest BCUT2D eigenvalue weighted by Gasteiger charge is 2.25. The smallest absolute Gasteiger partial charge is 0.254 e. The number of hydrogen-bond donors (Lipinski definition) is 3. The van der Waals surface area contributed by atoms with Crippen molar-refractivity contribution in [1.82, 2.24) is 35.1 Å². The first-order valence-corrected chi connectivity index (χ1v) is 13.5. The van der Waals surface area contributed by atoms with E-state index < -0.39 is 0 Å². The van der Waals surface area contributed by atoms with E-state index in [0.717, 1.165) is 24.2 Å². The molecule has 1 aromatic carbocycles. The van der Waals surface area contributed by atoms with Crippen molar-refractivity contribution < 1.29 is 4.79 Å². The van der Waals surface area contributed by atoms with Gasteiger partial charge in [-0.25, -0.2) is 9.97 Å². The molecule has 0 unspecified atom stereocenters. The normalized spacial score (nSPS) is 18.0. The molecule has 194 valence electrons. The monoisotopic (exact) mass is 491 g/mol. The quantitative estimate of drug-likeness (QED) is 0.327. The van der Waals surface area contributed by atoms with Gasteiger partial charge in [0.25, 0.3) is 5.91 Å². The molecular weight excluding hydrogens is 450 g/mol. The number of benzene rings is 1. The van der Waals surface area contributed by atoms with Gasteiger partial charge in [0.1, 0.15) is 11.6 Å². The molecule has 0 aliphatic heterocycles. The highest BCUT2D eigenvalue weighted by molar-refractivity contribution is 5.94. The van der Waals surface area contributed by atoms with Crippen molar-refractivity contribution in [2.75, 3.05) is 13.1 Å². The molecule has 0 spiro atoms. The fraction of sp³-hybridized carbons (Fsp3) is 0.536. The minimum Gasteiger partial charge on any atom is -0.347 e. The van der Waals surface area contributed by atoms with E-state index in [1.54, 1.807) is 29.7 Å². The lowest BCUT2D eigenvalue weighted by Gasteiger charge is -2.37. The van der Waals surface area contributed by atoms with Crippen LogP contribution in [-0.2, 0) is 19.6 Å². The Hall–Kier alpha value is -2.97. The first-order valence-electron chi connectivity index (χ1n) is 13.5. The molecule has 36 heavy (non-hydrogen) atoms. The second-order valence-corrected chi connectivity index (χ2v) is 9.85. The molecule has 2 aromatic heterocycles. The molecule has 0 atom stereocenters. The Kier molecular flexibility index (Phi) is 9.69.